The number of anilines is 1. The fraction of sp³-hybridized carbons (Fsp3) is 0.0833. The first-order valence-electron chi connectivity index (χ1n) is 8.42. The van der Waals surface area contributed by atoms with Crippen molar-refractivity contribution in [2.75, 3.05) is 5.32 Å². The van der Waals surface area contributed by atoms with Gasteiger partial charge in [-0.05, 0) is 48.2 Å². The number of nitrogens with one attached hydrogen (secondary N) is 1. The molecule has 0 bridgehead atoms. The SMILES string of the molecule is C=C(C)c1ccc(C(=C)Nc2ccc(-c3ccc(C)cc3)cc2)cc1. The smallest absolute Gasteiger partial charge is 0.0384 e. The van der Waals surface area contributed by atoms with Gasteiger partial charge in [0.15, 0.2) is 0 Å². The maximum Gasteiger partial charge on any atom is 0.0384 e. The number of aryl methyl sites for hydroxylation is 1. The molecule has 0 saturated carbocycles. The minimum Gasteiger partial charge on any atom is -0.356 e. The molecule has 0 aliphatic heterocycles. The van der Waals surface area contributed by atoms with Crippen molar-refractivity contribution >= 4 is 17.0 Å². The lowest BCUT2D eigenvalue weighted by atomic mass is 10.0. The van der Waals surface area contributed by atoms with E-state index in [4.69, 9.17) is 0 Å². The number of rotatable bonds is 5. The molecule has 0 saturated heterocycles. The molecule has 0 fully saturated rings. The molecule has 25 heavy (non-hydrogen) atoms. The molecule has 0 aliphatic carbocycles. The Morgan fingerprint density at radius 3 is 1.68 bits per heavy atom. The van der Waals surface area contributed by atoms with Crippen LogP contribution in [0.4, 0.5) is 5.69 Å². The van der Waals surface area contributed by atoms with E-state index in [1.54, 1.807) is 0 Å². The molecule has 3 rings (SSSR count). The molecule has 0 aromatic heterocycles. The molecule has 0 radical (unpaired) electrons. The highest BCUT2D eigenvalue weighted by Crippen LogP contribution is 2.24. The van der Waals surface area contributed by atoms with E-state index >= 15 is 0 Å². The van der Waals surface area contributed by atoms with Gasteiger partial charge < -0.3 is 5.32 Å². The van der Waals surface area contributed by atoms with Crippen LogP contribution in [0.25, 0.3) is 22.4 Å². The fourth-order valence-corrected chi connectivity index (χ4v) is 2.69. The van der Waals surface area contributed by atoms with Crippen LogP contribution in [0, 0.1) is 6.92 Å². The molecule has 0 spiro atoms. The summed E-state index contributed by atoms with van der Waals surface area (Å²) in [4.78, 5) is 0. The van der Waals surface area contributed by atoms with Crippen LogP contribution in [0.1, 0.15) is 23.6 Å². The normalized spacial score (nSPS) is 10.3. The van der Waals surface area contributed by atoms with Crippen LogP contribution in [0.5, 0.6) is 0 Å². The third kappa shape index (κ3) is 4.07. The summed E-state index contributed by atoms with van der Waals surface area (Å²) in [7, 11) is 0. The summed E-state index contributed by atoms with van der Waals surface area (Å²) in [5.74, 6) is 0. The van der Waals surface area contributed by atoms with Crippen LogP contribution in [-0.4, -0.2) is 0 Å². The Morgan fingerprint density at radius 1 is 0.680 bits per heavy atom. The van der Waals surface area contributed by atoms with Gasteiger partial charge in [0.1, 0.15) is 0 Å². The largest absolute Gasteiger partial charge is 0.356 e. The van der Waals surface area contributed by atoms with E-state index in [2.05, 4.69) is 98.2 Å². The van der Waals surface area contributed by atoms with E-state index < -0.39 is 0 Å². The molecule has 0 atom stereocenters. The molecule has 0 aliphatic rings. The van der Waals surface area contributed by atoms with Crippen LogP contribution in [0.15, 0.2) is 86.0 Å². The van der Waals surface area contributed by atoms with Crippen molar-refractivity contribution in [2.24, 2.45) is 0 Å². The van der Waals surface area contributed by atoms with E-state index in [0.717, 1.165) is 28.1 Å². The zero-order valence-electron chi connectivity index (χ0n) is 14.8. The average Bonchev–Trinajstić information content (AvgIpc) is 2.63. The van der Waals surface area contributed by atoms with Crippen molar-refractivity contribution in [3.8, 4) is 11.1 Å². The van der Waals surface area contributed by atoms with Crippen molar-refractivity contribution in [1.29, 1.82) is 0 Å². The van der Waals surface area contributed by atoms with Gasteiger partial charge in [-0.25, -0.2) is 0 Å². The summed E-state index contributed by atoms with van der Waals surface area (Å²) in [6.45, 7) is 12.2. The Balaban J connectivity index is 1.71. The first-order chi connectivity index (χ1) is 12.0. The topological polar surface area (TPSA) is 12.0 Å². The lowest BCUT2D eigenvalue weighted by Crippen LogP contribution is -1.97. The van der Waals surface area contributed by atoms with Crippen molar-refractivity contribution in [1.82, 2.24) is 0 Å². The number of allylic oxidation sites excluding steroid dienone is 1. The Hall–Kier alpha value is -3.06. The maximum atomic E-state index is 4.15. The van der Waals surface area contributed by atoms with Crippen LogP contribution in [0.2, 0.25) is 0 Å². The summed E-state index contributed by atoms with van der Waals surface area (Å²) in [6.07, 6.45) is 0. The van der Waals surface area contributed by atoms with Crippen LogP contribution in [-0.2, 0) is 0 Å². The van der Waals surface area contributed by atoms with Crippen LogP contribution in [0.3, 0.4) is 0 Å². The molecule has 1 heteroatoms. The van der Waals surface area contributed by atoms with E-state index in [1.165, 1.54) is 16.7 Å². The maximum absolute atomic E-state index is 4.15. The van der Waals surface area contributed by atoms with E-state index in [1.807, 2.05) is 6.92 Å². The molecule has 0 amide bonds. The summed E-state index contributed by atoms with van der Waals surface area (Å²) >= 11 is 0. The average molecular weight is 325 g/mol. The quantitative estimate of drug-likeness (QED) is 0.545. The van der Waals surface area contributed by atoms with Gasteiger partial charge in [-0.3, -0.25) is 0 Å². The molecule has 3 aromatic carbocycles. The molecule has 124 valence electrons. The van der Waals surface area contributed by atoms with Crippen molar-refractivity contribution in [3.63, 3.8) is 0 Å². The Bertz CT molecular complexity index is 882. The Labute approximate surface area is 150 Å². The van der Waals surface area contributed by atoms with Crippen LogP contribution >= 0.6 is 0 Å². The monoisotopic (exact) mass is 325 g/mol. The molecule has 1 nitrogen and oxygen atoms in total. The van der Waals surface area contributed by atoms with Gasteiger partial charge in [-0.15, -0.1) is 0 Å². The molecule has 0 unspecified atom stereocenters. The van der Waals surface area contributed by atoms with Gasteiger partial charge in [-0.2, -0.15) is 0 Å². The zero-order valence-corrected chi connectivity index (χ0v) is 14.8. The van der Waals surface area contributed by atoms with E-state index in [0.29, 0.717) is 0 Å². The Morgan fingerprint density at radius 2 is 1.16 bits per heavy atom. The van der Waals surface area contributed by atoms with Gasteiger partial charge in [0.05, 0.1) is 0 Å². The predicted molar refractivity (Wildman–Crippen MR) is 110 cm³/mol. The highest BCUT2D eigenvalue weighted by molar-refractivity contribution is 5.77. The second-order valence-electron chi connectivity index (χ2n) is 6.40. The van der Waals surface area contributed by atoms with Gasteiger partial charge in [0.2, 0.25) is 0 Å². The number of hydrogen-bond acceptors (Lipinski definition) is 1. The number of benzene rings is 3. The van der Waals surface area contributed by atoms with Crippen molar-refractivity contribution in [2.45, 2.75) is 13.8 Å². The van der Waals surface area contributed by atoms with E-state index in [-0.39, 0.29) is 0 Å². The first-order valence-corrected chi connectivity index (χ1v) is 8.42. The summed E-state index contributed by atoms with van der Waals surface area (Å²) in [5.41, 5.74) is 8.92. The zero-order chi connectivity index (χ0) is 17.8. The molecule has 3 aromatic rings. The molecule has 0 heterocycles. The standard InChI is InChI=1S/C24H23N/c1-17(2)20-9-11-21(12-10-20)19(4)25-24-15-13-23(14-16-24)22-7-5-18(3)6-8-22/h5-16,25H,1,4H2,2-3H3. The third-order valence-electron chi connectivity index (χ3n) is 4.29. The summed E-state index contributed by atoms with van der Waals surface area (Å²) in [6, 6.07) is 25.3. The first kappa shape index (κ1) is 16.8. The van der Waals surface area contributed by atoms with Gasteiger partial charge in [0, 0.05) is 11.4 Å². The summed E-state index contributed by atoms with van der Waals surface area (Å²) < 4.78 is 0. The summed E-state index contributed by atoms with van der Waals surface area (Å²) in [5, 5.41) is 3.38. The van der Waals surface area contributed by atoms with Gasteiger partial charge in [0.25, 0.3) is 0 Å². The molecule has 1 N–H and O–H groups in total. The molecular weight excluding hydrogens is 302 g/mol. The second-order valence-corrected chi connectivity index (χ2v) is 6.40. The van der Waals surface area contributed by atoms with Crippen LogP contribution < -0.4 is 5.32 Å². The third-order valence-corrected chi connectivity index (χ3v) is 4.29. The van der Waals surface area contributed by atoms with Crippen molar-refractivity contribution in [3.05, 3.63) is 103 Å². The number of hydrogen-bond donors (Lipinski definition) is 1. The van der Waals surface area contributed by atoms with Gasteiger partial charge in [-0.1, -0.05) is 85.0 Å². The van der Waals surface area contributed by atoms with Crippen molar-refractivity contribution < 1.29 is 0 Å². The predicted octanol–water partition coefficient (Wildman–Crippen LogP) is 6.78. The van der Waals surface area contributed by atoms with E-state index in [9.17, 15) is 0 Å². The minimum absolute atomic E-state index is 0.886. The fourth-order valence-electron chi connectivity index (χ4n) is 2.69. The lowest BCUT2D eigenvalue weighted by molar-refractivity contribution is 1.47. The molecular formula is C24H23N. The second kappa shape index (κ2) is 7.23. The highest BCUT2D eigenvalue weighted by Gasteiger charge is 2.02. The minimum atomic E-state index is 0.886. The lowest BCUT2D eigenvalue weighted by Gasteiger charge is -2.11. The highest BCUT2D eigenvalue weighted by atomic mass is 14.9. The Kier molecular flexibility index (Phi) is 4.85. The van der Waals surface area contributed by atoms with Gasteiger partial charge >= 0.3 is 0 Å².